The molecule has 0 spiro atoms. The van der Waals surface area contributed by atoms with Crippen LogP contribution in [0.5, 0.6) is 0 Å². The number of likely N-dealkylation sites (N-methyl/N-ethyl adjacent to an activating group) is 1. The third-order valence-corrected chi connectivity index (χ3v) is 5.18. The molecule has 2 heterocycles. The molecule has 2 unspecified atom stereocenters. The molecule has 0 aromatic carbocycles. The lowest BCUT2D eigenvalue weighted by atomic mass is 10.0. The number of carbonyl (C=O) groups is 1. The summed E-state index contributed by atoms with van der Waals surface area (Å²) in [7, 11) is 0. The third kappa shape index (κ3) is 3.81. The summed E-state index contributed by atoms with van der Waals surface area (Å²) in [6.07, 6.45) is 2.18. The first-order chi connectivity index (χ1) is 10.1. The lowest BCUT2D eigenvalue weighted by molar-refractivity contribution is -0.137. The number of furan rings is 1. The van der Waals surface area contributed by atoms with Crippen LogP contribution in [0.1, 0.15) is 32.1 Å². The molecule has 6 heteroatoms. The highest BCUT2D eigenvalue weighted by atomic mass is 32.2. The Morgan fingerprint density at radius 2 is 2.33 bits per heavy atom. The van der Waals surface area contributed by atoms with Crippen LogP contribution in [0.4, 0.5) is 0 Å². The predicted octanol–water partition coefficient (Wildman–Crippen LogP) is 1.65. The summed E-state index contributed by atoms with van der Waals surface area (Å²) >= 11 is 1.62. The molecular weight excluding hydrogens is 288 g/mol. The van der Waals surface area contributed by atoms with Crippen molar-refractivity contribution in [3.63, 3.8) is 0 Å². The van der Waals surface area contributed by atoms with Gasteiger partial charge in [0.25, 0.3) is 5.91 Å². The molecule has 2 N–H and O–H groups in total. The van der Waals surface area contributed by atoms with Crippen molar-refractivity contribution in [1.82, 2.24) is 10.2 Å². The molecule has 1 amide bonds. The topological polar surface area (TPSA) is 65.7 Å². The quantitative estimate of drug-likeness (QED) is 0.801. The van der Waals surface area contributed by atoms with Gasteiger partial charge < -0.3 is 14.8 Å². The van der Waals surface area contributed by atoms with Crippen molar-refractivity contribution in [1.29, 1.82) is 0 Å². The van der Waals surface area contributed by atoms with Crippen molar-refractivity contribution in [2.45, 2.75) is 31.9 Å². The van der Waals surface area contributed by atoms with Crippen LogP contribution >= 0.6 is 11.8 Å². The van der Waals surface area contributed by atoms with E-state index in [4.69, 9.17) is 4.42 Å². The molecule has 21 heavy (non-hydrogen) atoms. The minimum absolute atomic E-state index is 0.00314. The molecule has 1 aromatic heterocycles. The molecule has 0 saturated carbocycles. The number of thioether (sulfide) groups is 1. The average Bonchev–Trinajstić information content (AvgIpc) is 3.15. The Bertz CT molecular complexity index is 440. The van der Waals surface area contributed by atoms with Gasteiger partial charge in [0.1, 0.15) is 5.76 Å². The first-order valence-electron chi connectivity index (χ1n) is 7.46. The van der Waals surface area contributed by atoms with Gasteiger partial charge in [-0.15, -0.1) is 0 Å². The van der Waals surface area contributed by atoms with Crippen LogP contribution in [0.15, 0.2) is 22.8 Å². The van der Waals surface area contributed by atoms with Crippen molar-refractivity contribution < 1.29 is 14.3 Å². The number of carbonyl (C=O) groups excluding carboxylic acids is 1. The molecule has 118 valence electrons. The predicted molar refractivity (Wildman–Crippen MR) is 84.3 cm³/mol. The van der Waals surface area contributed by atoms with E-state index in [-0.39, 0.29) is 11.9 Å². The van der Waals surface area contributed by atoms with Crippen LogP contribution in [0, 0.1) is 0 Å². The van der Waals surface area contributed by atoms with Gasteiger partial charge in [0.05, 0.1) is 12.3 Å². The molecule has 2 atom stereocenters. The van der Waals surface area contributed by atoms with Crippen molar-refractivity contribution in [2.24, 2.45) is 0 Å². The van der Waals surface area contributed by atoms with Crippen molar-refractivity contribution in [3.8, 4) is 0 Å². The number of nitrogens with zero attached hydrogens (tertiary/aromatic N) is 1. The molecule has 1 fully saturated rings. The van der Waals surface area contributed by atoms with Gasteiger partial charge in [-0.25, -0.2) is 0 Å². The molecule has 0 bridgehead atoms. The number of hydrogen-bond acceptors (Lipinski definition) is 5. The highest BCUT2D eigenvalue weighted by Crippen LogP contribution is 2.28. The van der Waals surface area contributed by atoms with Crippen LogP contribution < -0.4 is 5.32 Å². The monoisotopic (exact) mass is 312 g/mol. The molecular formula is C15H24N2O3S. The minimum Gasteiger partial charge on any atom is -0.468 e. The summed E-state index contributed by atoms with van der Waals surface area (Å²) < 4.78 is 5.50. The third-order valence-electron chi connectivity index (χ3n) is 4.00. The normalized spacial score (nSPS) is 23.4. The molecule has 1 aromatic rings. The smallest absolute Gasteiger partial charge is 0.252 e. The highest BCUT2D eigenvalue weighted by molar-refractivity contribution is 7.99. The summed E-state index contributed by atoms with van der Waals surface area (Å²) in [6, 6.07) is 3.78. The standard InChI is InChI=1S/C15H24N2O3S/c1-3-17(4-2)12(13-6-5-8-20-13)10-16-14(18)15(19)7-9-21-11-15/h5-6,8,12,19H,3-4,7,9-11H2,1-2H3,(H,16,18). The minimum atomic E-state index is -1.21. The lowest BCUT2D eigenvalue weighted by Crippen LogP contribution is -2.49. The summed E-state index contributed by atoms with van der Waals surface area (Å²) in [4.78, 5) is 14.4. The fourth-order valence-corrected chi connectivity index (χ4v) is 3.88. The second-order valence-electron chi connectivity index (χ2n) is 5.30. The SMILES string of the molecule is CCN(CC)C(CNC(=O)C1(O)CCSC1)c1ccco1. The zero-order valence-electron chi connectivity index (χ0n) is 12.7. The van der Waals surface area contributed by atoms with Crippen molar-refractivity contribution in [2.75, 3.05) is 31.1 Å². The maximum absolute atomic E-state index is 12.2. The van der Waals surface area contributed by atoms with E-state index >= 15 is 0 Å². The highest BCUT2D eigenvalue weighted by Gasteiger charge is 2.39. The Morgan fingerprint density at radius 1 is 1.57 bits per heavy atom. The summed E-state index contributed by atoms with van der Waals surface area (Å²) in [5, 5.41) is 13.2. The van der Waals surface area contributed by atoms with Gasteiger partial charge >= 0.3 is 0 Å². The Hall–Kier alpha value is -0.980. The van der Waals surface area contributed by atoms with Gasteiger partial charge in [-0.3, -0.25) is 9.69 Å². The molecule has 1 saturated heterocycles. The number of aliphatic hydroxyl groups is 1. The number of amides is 1. The van der Waals surface area contributed by atoms with E-state index < -0.39 is 5.60 Å². The van der Waals surface area contributed by atoms with E-state index in [1.54, 1.807) is 18.0 Å². The van der Waals surface area contributed by atoms with E-state index in [1.165, 1.54) is 0 Å². The largest absolute Gasteiger partial charge is 0.468 e. The van der Waals surface area contributed by atoms with Gasteiger partial charge in [-0.1, -0.05) is 13.8 Å². The molecule has 5 nitrogen and oxygen atoms in total. The zero-order valence-corrected chi connectivity index (χ0v) is 13.5. The van der Waals surface area contributed by atoms with Gasteiger partial charge in [0.15, 0.2) is 5.60 Å². The van der Waals surface area contributed by atoms with Crippen LogP contribution in [0.2, 0.25) is 0 Å². The number of nitrogens with one attached hydrogen (secondary N) is 1. The van der Waals surface area contributed by atoms with Gasteiger partial charge in [-0.2, -0.15) is 11.8 Å². The molecule has 1 aliphatic rings. The van der Waals surface area contributed by atoms with Gasteiger partial charge in [-0.05, 0) is 37.4 Å². The van der Waals surface area contributed by atoms with Gasteiger partial charge in [0, 0.05) is 12.3 Å². The maximum atomic E-state index is 12.2. The number of rotatable bonds is 7. The first kappa shape index (κ1) is 16.4. The first-order valence-corrected chi connectivity index (χ1v) is 8.62. The van der Waals surface area contributed by atoms with E-state index in [9.17, 15) is 9.90 Å². The molecule has 2 rings (SSSR count). The Morgan fingerprint density at radius 3 is 2.86 bits per heavy atom. The fraction of sp³-hybridized carbons (Fsp3) is 0.667. The van der Waals surface area contributed by atoms with Crippen LogP contribution in [-0.2, 0) is 4.79 Å². The van der Waals surface area contributed by atoms with E-state index in [2.05, 4.69) is 24.1 Å². The van der Waals surface area contributed by atoms with Crippen LogP contribution in [-0.4, -0.2) is 52.7 Å². The van der Waals surface area contributed by atoms with E-state index in [0.717, 1.165) is 24.6 Å². The molecule has 0 radical (unpaired) electrons. The summed E-state index contributed by atoms with van der Waals surface area (Å²) in [5.41, 5.74) is -1.21. The Balaban J connectivity index is 2.00. The molecule has 1 aliphatic heterocycles. The Kier molecular flexibility index (Phi) is 5.72. The number of hydrogen-bond donors (Lipinski definition) is 2. The average molecular weight is 312 g/mol. The summed E-state index contributed by atoms with van der Waals surface area (Å²) in [6.45, 7) is 6.36. The maximum Gasteiger partial charge on any atom is 0.252 e. The van der Waals surface area contributed by atoms with Gasteiger partial charge in [0.2, 0.25) is 0 Å². The molecule has 0 aliphatic carbocycles. The van der Waals surface area contributed by atoms with Crippen molar-refractivity contribution in [3.05, 3.63) is 24.2 Å². The second kappa shape index (κ2) is 7.33. The van der Waals surface area contributed by atoms with E-state index in [0.29, 0.717) is 18.7 Å². The van der Waals surface area contributed by atoms with Crippen LogP contribution in [0.3, 0.4) is 0 Å². The Labute approximate surface area is 130 Å². The fourth-order valence-electron chi connectivity index (χ4n) is 2.64. The van der Waals surface area contributed by atoms with Crippen molar-refractivity contribution >= 4 is 17.7 Å². The summed E-state index contributed by atoms with van der Waals surface area (Å²) in [5.74, 6) is 1.89. The zero-order chi connectivity index (χ0) is 15.3. The van der Waals surface area contributed by atoms with E-state index in [1.807, 2.05) is 12.1 Å². The lowest BCUT2D eigenvalue weighted by Gasteiger charge is -2.29. The second-order valence-corrected chi connectivity index (χ2v) is 6.40. The van der Waals surface area contributed by atoms with Crippen LogP contribution in [0.25, 0.3) is 0 Å².